The van der Waals surface area contributed by atoms with Gasteiger partial charge in [0.25, 0.3) is 0 Å². The molecular weight excluding hydrogens is 312 g/mol. The number of benzene rings is 2. The molecule has 0 aliphatic rings. The largest absolute Gasteiger partial charge is 0.508 e. The Labute approximate surface area is 137 Å². The second-order valence-electron chi connectivity index (χ2n) is 5.34. The average molecular weight is 328 g/mol. The number of aromatic hydroxyl groups is 2. The molecule has 0 saturated heterocycles. The van der Waals surface area contributed by atoms with Crippen molar-refractivity contribution in [2.24, 2.45) is 0 Å². The number of hydrogen-bond donors (Lipinski definition) is 2. The van der Waals surface area contributed by atoms with Gasteiger partial charge in [-0.3, -0.25) is 4.79 Å². The zero-order valence-corrected chi connectivity index (χ0v) is 13.4. The smallest absolute Gasteiger partial charge is 0.197 e. The molecule has 0 aliphatic carbocycles. The van der Waals surface area contributed by atoms with Gasteiger partial charge < -0.3 is 24.1 Å². The van der Waals surface area contributed by atoms with Crippen LogP contribution in [0.3, 0.4) is 0 Å². The molecule has 3 rings (SSSR count). The van der Waals surface area contributed by atoms with Crippen LogP contribution in [0.5, 0.6) is 23.0 Å². The third kappa shape index (κ3) is 2.52. The molecule has 1 heterocycles. The van der Waals surface area contributed by atoms with E-state index in [1.165, 1.54) is 19.2 Å². The lowest BCUT2D eigenvalue weighted by molar-refractivity contribution is 0.353. The fourth-order valence-electron chi connectivity index (χ4n) is 2.69. The summed E-state index contributed by atoms with van der Waals surface area (Å²) in [5.74, 6) is 0.882. The first-order valence-corrected chi connectivity index (χ1v) is 7.17. The van der Waals surface area contributed by atoms with E-state index in [0.29, 0.717) is 22.8 Å². The third-order valence-corrected chi connectivity index (χ3v) is 3.74. The van der Waals surface area contributed by atoms with Crippen molar-refractivity contribution in [1.82, 2.24) is 0 Å². The van der Waals surface area contributed by atoms with E-state index in [-0.39, 0.29) is 22.5 Å². The molecule has 0 fully saturated rings. The molecule has 2 N–H and O–H groups in total. The molecular formula is C18H16O6. The second-order valence-corrected chi connectivity index (χ2v) is 5.34. The predicted octanol–water partition coefficient (Wildman–Crippen LogP) is 3.20. The minimum absolute atomic E-state index is 0.0220. The Balaban J connectivity index is 2.27. The van der Waals surface area contributed by atoms with E-state index < -0.39 is 5.43 Å². The molecule has 1 aromatic heterocycles. The van der Waals surface area contributed by atoms with Gasteiger partial charge in [-0.15, -0.1) is 0 Å². The van der Waals surface area contributed by atoms with E-state index in [2.05, 4.69) is 0 Å². The number of methoxy groups -OCH3 is 2. The van der Waals surface area contributed by atoms with Crippen LogP contribution in [0.15, 0.2) is 39.5 Å². The summed E-state index contributed by atoms with van der Waals surface area (Å²) in [4.78, 5) is 12.3. The van der Waals surface area contributed by atoms with E-state index in [1.54, 1.807) is 19.2 Å². The number of aryl methyl sites for hydroxylation is 1. The van der Waals surface area contributed by atoms with Gasteiger partial charge in [-0.05, 0) is 24.6 Å². The summed E-state index contributed by atoms with van der Waals surface area (Å²) in [6.07, 6.45) is 0. The van der Waals surface area contributed by atoms with E-state index in [0.717, 1.165) is 11.6 Å². The van der Waals surface area contributed by atoms with Crippen LogP contribution in [-0.4, -0.2) is 24.4 Å². The maximum absolute atomic E-state index is 12.3. The second kappa shape index (κ2) is 5.81. The summed E-state index contributed by atoms with van der Waals surface area (Å²) in [6, 6.07) is 7.17. The highest BCUT2D eigenvalue weighted by Crippen LogP contribution is 2.37. The molecule has 0 atom stereocenters. The molecule has 0 aliphatic heterocycles. The first-order chi connectivity index (χ1) is 11.4. The Bertz CT molecular complexity index is 987. The van der Waals surface area contributed by atoms with Crippen molar-refractivity contribution in [1.29, 1.82) is 0 Å². The lowest BCUT2D eigenvalue weighted by atomic mass is 10.1. The summed E-state index contributed by atoms with van der Waals surface area (Å²) in [5.41, 5.74) is 1.12. The number of rotatable bonds is 3. The first kappa shape index (κ1) is 15.7. The highest BCUT2D eigenvalue weighted by atomic mass is 16.5. The highest BCUT2D eigenvalue weighted by Gasteiger charge is 2.15. The van der Waals surface area contributed by atoms with Crippen molar-refractivity contribution in [2.75, 3.05) is 14.2 Å². The predicted molar refractivity (Wildman–Crippen MR) is 89.1 cm³/mol. The quantitative estimate of drug-likeness (QED) is 0.767. The fourth-order valence-corrected chi connectivity index (χ4v) is 2.69. The Kier molecular flexibility index (Phi) is 3.81. The molecule has 6 nitrogen and oxygen atoms in total. The Morgan fingerprint density at radius 1 is 1.00 bits per heavy atom. The van der Waals surface area contributed by atoms with Crippen LogP contribution in [0.25, 0.3) is 22.3 Å². The van der Waals surface area contributed by atoms with E-state index in [9.17, 15) is 15.0 Å². The van der Waals surface area contributed by atoms with Crippen LogP contribution < -0.4 is 14.9 Å². The van der Waals surface area contributed by atoms with Crippen LogP contribution in [-0.2, 0) is 0 Å². The SMILES string of the molecule is COc1cc(-c2cc(=O)c3c(O)cc(O)cc3o2)cc(C)c1OC. The van der Waals surface area contributed by atoms with E-state index in [1.807, 2.05) is 6.92 Å². The standard InChI is InChI=1S/C18H16O6/c1-9-4-10(5-16(22-2)18(9)23-3)14-8-13(21)17-12(20)6-11(19)7-15(17)24-14/h4-8,19-20H,1-3H3. The van der Waals surface area contributed by atoms with Crippen LogP contribution in [0.2, 0.25) is 0 Å². The summed E-state index contributed by atoms with van der Waals surface area (Å²) >= 11 is 0. The molecule has 3 aromatic rings. The normalized spacial score (nSPS) is 10.8. The summed E-state index contributed by atoms with van der Waals surface area (Å²) < 4.78 is 16.3. The third-order valence-electron chi connectivity index (χ3n) is 3.74. The number of ether oxygens (including phenoxy) is 2. The number of hydrogen-bond acceptors (Lipinski definition) is 6. The fraction of sp³-hybridized carbons (Fsp3) is 0.167. The number of fused-ring (bicyclic) bond motifs is 1. The van der Waals surface area contributed by atoms with Crippen molar-refractivity contribution in [2.45, 2.75) is 6.92 Å². The van der Waals surface area contributed by atoms with Gasteiger partial charge >= 0.3 is 0 Å². The zero-order chi connectivity index (χ0) is 17.4. The van der Waals surface area contributed by atoms with Gasteiger partial charge in [0, 0.05) is 23.8 Å². The minimum Gasteiger partial charge on any atom is -0.508 e. The van der Waals surface area contributed by atoms with Crippen molar-refractivity contribution >= 4 is 11.0 Å². The molecule has 0 radical (unpaired) electrons. The molecule has 24 heavy (non-hydrogen) atoms. The van der Waals surface area contributed by atoms with Gasteiger partial charge in [0.15, 0.2) is 16.9 Å². The lowest BCUT2D eigenvalue weighted by Crippen LogP contribution is -2.01. The van der Waals surface area contributed by atoms with Crippen LogP contribution in [0, 0.1) is 6.92 Å². The van der Waals surface area contributed by atoms with Crippen molar-refractivity contribution in [3.05, 3.63) is 46.1 Å². The Morgan fingerprint density at radius 2 is 1.75 bits per heavy atom. The maximum Gasteiger partial charge on any atom is 0.197 e. The zero-order valence-electron chi connectivity index (χ0n) is 13.4. The van der Waals surface area contributed by atoms with Gasteiger partial charge in [-0.1, -0.05) is 0 Å². The summed E-state index contributed by atoms with van der Waals surface area (Å²) in [7, 11) is 3.07. The molecule has 6 heteroatoms. The van der Waals surface area contributed by atoms with E-state index >= 15 is 0 Å². The van der Waals surface area contributed by atoms with Gasteiger partial charge in [-0.2, -0.15) is 0 Å². The van der Waals surface area contributed by atoms with Crippen molar-refractivity contribution in [3.8, 4) is 34.3 Å². The molecule has 0 unspecified atom stereocenters. The lowest BCUT2D eigenvalue weighted by Gasteiger charge is -2.13. The topological polar surface area (TPSA) is 89.1 Å². The van der Waals surface area contributed by atoms with Crippen LogP contribution in [0.1, 0.15) is 5.56 Å². The molecule has 124 valence electrons. The maximum atomic E-state index is 12.3. The minimum atomic E-state index is -0.406. The molecule has 0 amide bonds. The van der Waals surface area contributed by atoms with Gasteiger partial charge in [0.05, 0.1) is 14.2 Å². The first-order valence-electron chi connectivity index (χ1n) is 7.17. The van der Waals surface area contributed by atoms with Crippen molar-refractivity contribution in [3.63, 3.8) is 0 Å². The average Bonchev–Trinajstić information content (AvgIpc) is 2.52. The van der Waals surface area contributed by atoms with Gasteiger partial charge in [-0.25, -0.2) is 0 Å². The Morgan fingerprint density at radius 3 is 2.42 bits per heavy atom. The van der Waals surface area contributed by atoms with Crippen molar-refractivity contribution < 1.29 is 24.1 Å². The Hall–Kier alpha value is -3.15. The van der Waals surface area contributed by atoms with Crippen LogP contribution >= 0.6 is 0 Å². The van der Waals surface area contributed by atoms with E-state index in [4.69, 9.17) is 13.9 Å². The number of phenolic OH excluding ortho intramolecular Hbond substituents is 2. The summed E-state index contributed by atoms with van der Waals surface area (Å²) in [6.45, 7) is 1.85. The molecule has 2 aromatic carbocycles. The molecule has 0 spiro atoms. The monoisotopic (exact) mass is 328 g/mol. The summed E-state index contributed by atoms with van der Waals surface area (Å²) in [5, 5.41) is 19.5. The molecule has 0 saturated carbocycles. The van der Waals surface area contributed by atoms with Crippen LogP contribution in [0.4, 0.5) is 0 Å². The molecule has 0 bridgehead atoms. The number of phenols is 2. The van der Waals surface area contributed by atoms with Gasteiger partial charge in [0.1, 0.15) is 28.2 Å². The highest BCUT2D eigenvalue weighted by molar-refractivity contribution is 5.86. The van der Waals surface area contributed by atoms with Gasteiger partial charge in [0.2, 0.25) is 0 Å².